The molecule has 5 heteroatoms. The van der Waals surface area contributed by atoms with Gasteiger partial charge in [0.25, 0.3) is 5.91 Å². The smallest absolute Gasteiger partial charge is 0.251 e. The number of aliphatic hydroxyl groups excluding tert-OH is 1. The maximum atomic E-state index is 12.0. The van der Waals surface area contributed by atoms with Crippen LogP contribution in [-0.4, -0.2) is 28.6 Å². The molecule has 0 aliphatic rings. The van der Waals surface area contributed by atoms with Gasteiger partial charge in [0.05, 0.1) is 6.10 Å². The minimum absolute atomic E-state index is 0.111. The number of thiazole rings is 1. The van der Waals surface area contributed by atoms with Crippen LogP contribution < -0.4 is 5.32 Å². The van der Waals surface area contributed by atoms with E-state index in [-0.39, 0.29) is 12.0 Å². The molecule has 0 fully saturated rings. The second kappa shape index (κ2) is 7.33. The monoisotopic (exact) mass is 304 g/mol. The molecule has 1 atom stereocenters. The van der Waals surface area contributed by atoms with E-state index in [1.54, 1.807) is 23.5 Å². The van der Waals surface area contributed by atoms with Crippen molar-refractivity contribution in [1.82, 2.24) is 10.3 Å². The molecule has 2 aromatic rings. The van der Waals surface area contributed by atoms with Crippen LogP contribution in [0.1, 0.15) is 35.8 Å². The van der Waals surface area contributed by atoms with Gasteiger partial charge in [-0.15, -0.1) is 11.3 Å². The summed E-state index contributed by atoms with van der Waals surface area (Å²) in [5.41, 5.74) is 2.65. The van der Waals surface area contributed by atoms with E-state index in [9.17, 15) is 9.90 Å². The van der Waals surface area contributed by atoms with Crippen LogP contribution in [0.5, 0.6) is 0 Å². The lowest BCUT2D eigenvalue weighted by Crippen LogP contribution is -2.26. The van der Waals surface area contributed by atoms with E-state index in [1.165, 1.54) is 0 Å². The number of aryl methyl sites for hydroxylation is 1. The highest BCUT2D eigenvalue weighted by Gasteiger charge is 2.08. The van der Waals surface area contributed by atoms with Crippen LogP contribution in [0.3, 0.4) is 0 Å². The number of aliphatic hydroxyl groups is 1. The van der Waals surface area contributed by atoms with E-state index in [0.717, 1.165) is 16.3 Å². The van der Waals surface area contributed by atoms with Crippen LogP contribution >= 0.6 is 11.3 Å². The summed E-state index contributed by atoms with van der Waals surface area (Å²) in [6, 6.07) is 7.43. The number of amides is 1. The lowest BCUT2D eigenvalue weighted by atomic mass is 10.1. The highest BCUT2D eigenvalue weighted by atomic mass is 32.1. The first-order valence-electron chi connectivity index (χ1n) is 7.09. The predicted octanol–water partition coefficient (Wildman–Crippen LogP) is 3.01. The highest BCUT2D eigenvalue weighted by Crippen LogP contribution is 2.23. The molecule has 1 amide bonds. The Bertz CT molecular complexity index is 593. The molecule has 112 valence electrons. The largest absolute Gasteiger partial charge is 0.393 e. The third-order valence-corrected chi connectivity index (χ3v) is 4.26. The standard InChI is InChI=1S/C16H20N2O2S/c1-3-14(19)8-9-17-15(20)12-4-6-13(7-5-12)16-18-11(2)10-21-16/h4-7,10,14,19H,3,8-9H2,1-2H3,(H,17,20). The SMILES string of the molecule is CCC(O)CCNC(=O)c1ccc(-c2nc(C)cs2)cc1. The lowest BCUT2D eigenvalue weighted by Gasteiger charge is -2.09. The third kappa shape index (κ3) is 4.37. The Balaban J connectivity index is 1.94. The Labute approximate surface area is 128 Å². The average Bonchev–Trinajstić information content (AvgIpc) is 2.93. The van der Waals surface area contributed by atoms with Crippen LogP contribution in [0, 0.1) is 6.92 Å². The number of carbonyl (C=O) groups is 1. The molecule has 0 saturated heterocycles. The van der Waals surface area contributed by atoms with Gasteiger partial charge in [0.1, 0.15) is 5.01 Å². The first-order valence-corrected chi connectivity index (χ1v) is 7.97. The number of hydrogen-bond acceptors (Lipinski definition) is 4. The number of nitrogens with zero attached hydrogens (tertiary/aromatic N) is 1. The Morgan fingerprint density at radius 2 is 2.10 bits per heavy atom. The van der Waals surface area contributed by atoms with E-state index in [1.807, 2.05) is 31.4 Å². The lowest BCUT2D eigenvalue weighted by molar-refractivity contribution is 0.0942. The molecular weight excluding hydrogens is 284 g/mol. The Morgan fingerprint density at radius 3 is 2.67 bits per heavy atom. The van der Waals surface area contributed by atoms with Gasteiger partial charge in [0, 0.05) is 28.7 Å². The number of carbonyl (C=O) groups excluding carboxylic acids is 1. The minimum atomic E-state index is -0.346. The minimum Gasteiger partial charge on any atom is -0.393 e. The molecule has 1 heterocycles. The maximum Gasteiger partial charge on any atom is 0.251 e. The van der Waals surface area contributed by atoms with Crippen molar-refractivity contribution in [2.45, 2.75) is 32.8 Å². The molecule has 0 aliphatic heterocycles. The van der Waals surface area contributed by atoms with Crippen molar-refractivity contribution in [3.05, 3.63) is 40.9 Å². The Morgan fingerprint density at radius 1 is 1.38 bits per heavy atom. The van der Waals surface area contributed by atoms with Crippen molar-refractivity contribution in [2.24, 2.45) is 0 Å². The average molecular weight is 304 g/mol. The summed E-state index contributed by atoms with van der Waals surface area (Å²) < 4.78 is 0. The van der Waals surface area contributed by atoms with E-state index in [0.29, 0.717) is 24.9 Å². The Hall–Kier alpha value is -1.72. The summed E-state index contributed by atoms with van der Waals surface area (Å²) in [4.78, 5) is 16.4. The van der Waals surface area contributed by atoms with Crippen molar-refractivity contribution in [3.63, 3.8) is 0 Å². The van der Waals surface area contributed by atoms with E-state index < -0.39 is 0 Å². The van der Waals surface area contributed by atoms with Crippen molar-refractivity contribution >= 4 is 17.2 Å². The van der Waals surface area contributed by atoms with Crippen molar-refractivity contribution in [3.8, 4) is 10.6 Å². The van der Waals surface area contributed by atoms with Gasteiger partial charge in [-0.05, 0) is 31.9 Å². The molecule has 0 radical (unpaired) electrons. The summed E-state index contributed by atoms with van der Waals surface area (Å²) in [6.45, 7) is 4.37. The Kier molecular flexibility index (Phi) is 5.47. The number of hydrogen-bond donors (Lipinski definition) is 2. The normalized spacial score (nSPS) is 12.1. The molecule has 2 rings (SSSR count). The molecule has 0 saturated carbocycles. The molecule has 1 aromatic heterocycles. The maximum absolute atomic E-state index is 12.0. The summed E-state index contributed by atoms with van der Waals surface area (Å²) in [7, 11) is 0. The molecule has 0 spiro atoms. The van der Waals surface area contributed by atoms with Crippen LogP contribution in [0.25, 0.3) is 10.6 Å². The van der Waals surface area contributed by atoms with Crippen LogP contribution in [0.15, 0.2) is 29.6 Å². The van der Waals surface area contributed by atoms with Gasteiger partial charge < -0.3 is 10.4 Å². The second-order valence-electron chi connectivity index (χ2n) is 4.98. The zero-order chi connectivity index (χ0) is 15.2. The van der Waals surface area contributed by atoms with Crippen LogP contribution in [0.2, 0.25) is 0 Å². The van der Waals surface area contributed by atoms with Gasteiger partial charge in [-0.1, -0.05) is 19.1 Å². The van der Waals surface area contributed by atoms with Crippen LogP contribution in [0.4, 0.5) is 0 Å². The predicted molar refractivity (Wildman–Crippen MR) is 85.5 cm³/mol. The van der Waals surface area contributed by atoms with E-state index in [2.05, 4.69) is 10.3 Å². The van der Waals surface area contributed by atoms with E-state index >= 15 is 0 Å². The number of nitrogens with one attached hydrogen (secondary N) is 1. The topological polar surface area (TPSA) is 62.2 Å². The molecule has 21 heavy (non-hydrogen) atoms. The molecule has 1 unspecified atom stereocenters. The van der Waals surface area contributed by atoms with Gasteiger partial charge in [0.15, 0.2) is 0 Å². The van der Waals surface area contributed by atoms with Crippen molar-refractivity contribution < 1.29 is 9.90 Å². The molecular formula is C16H20N2O2S. The molecule has 0 bridgehead atoms. The fourth-order valence-electron chi connectivity index (χ4n) is 1.91. The molecule has 1 aromatic carbocycles. The summed E-state index contributed by atoms with van der Waals surface area (Å²) in [5, 5.41) is 15.2. The number of benzene rings is 1. The zero-order valence-corrected chi connectivity index (χ0v) is 13.1. The number of aromatic nitrogens is 1. The number of rotatable bonds is 6. The van der Waals surface area contributed by atoms with Crippen molar-refractivity contribution in [2.75, 3.05) is 6.54 Å². The highest BCUT2D eigenvalue weighted by molar-refractivity contribution is 7.13. The van der Waals surface area contributed by atoms with Gasteiger partial charge in [0.2, 0.25) is 0 Å². The fraction of sp³-hybridized carbons (Fsp3) is 0.375. The van der Waals surface area contributed by atoms with E-state index in [4.69, 9.17) is 0 Å². The van der Waals surface area contributed by atoms with Gasteiger partial charge in [-0.2, -0.15) is 0 Å². The summed E-state index contributed by atoms with van der Waals surface area (Å²) in [6.07, 6.45) is 0.942. The van der Waals surface area contributed by atoms with Gasteiger partial charge >= 0.3 is 0 Å². The van der Waals surface area contributed by atoms with Crippen molar-refractivity contribution in [1.29, 1.82) is 0 Å². The first kappa shape index (κ1) is 15.7. The summed E-state index contributed by atoms with van der Waals surface area (Å²) >= 11 is 1.60. The summed E-state index contributed by atoms with van der Waals surface area (Å²) in [5.74, 6) is -0.111. The van der Waals surface area contributed by atoms with Gasteiger partial charge in [-0.3, -0.25) is 4.79 Å². The second-order valence-corrected chi connectivity index (χ2v) is 5.84. The molecule has 4 nitrogen and oxygen atoms in total. The quantitative estimate of drug-likeness (QED) is 0.862. The van der Waals surface area contributed by atoms with Gasteiger partial charge in [-0.25, -0.2) is 4.98 Å². The van der Waals surface area contributed by atoms with Crippen LogP contribution in [-0.2, 0) is 0 Å². The third-order valence-electron chi connectivity index (χ3n) is 3.25. The fourth-order valence-corrected chi connectivity index (χ4v) is 2.71. The zero-order valence-electron chi connectivity index (χ0n) is 12.3. The molecule has 0 aliphatic carbocycles. The first-order chi connectivity index (χ1) is 10.1. The molecule has 2 N–H and O–H groups in total.